The zero-order valence-electron chi connectivity index (χ0n) is 15.3. The SMILES string of the molecule is CCC(=O)Oc1cc(OC)cc([N+](=O)[O-])c1OCc1ccc(OC(F)(F)F)cc1. The van der Waals surface area contributed by atoms with E-state index in [9.17, 15) is 28.1 Å². The van der Waals surface area contributed by atoms with Gasteiger partial charge >= 0.3 is 18.0 Å². The molecule has 0 spiro atoms. The van der Waals surface area contributed by atoms with Crippen LogP contribution in [0.15, 0.2) is 36.4 Å². The summed E-state index contributed by atoms with van der Waals surface area (Å²) in [5, 5.41) is 11.4. The van der Waals surface area contributed by atoms with Gasteiger partial charge in [-0.15, -0.1) is 13.2 Å². The Kier molecular flexibility index (Phi) is 6.86. The molecule has 0 N–H and O–H groups in total. The molecular formula is C18H16F3NO7. The van der Waals surface area contributed by atoms with E-state index < -0.39 is 28.7 Å². The molecule has 0 bridgehead atoms. The van der Waals surface area contributed by atoms with Crippen molar-refractivity contribution in [1.82, 2.24) is 0 Å². The van der Waals surface area contributed by atoms with Gasteiger partial charge in [0.2, 0.25) is 5.75 Å². The first-order chi connectivity index (χ1) is 13.6. The van der Waals surface area contributed by atoms with E-state index in [0.717, 1.165) is 18.2 Å². The second-order valence-corrected chi connectivity index (χ2v) is 5.54. The van der Waals surface area contributed by atoms with Crippen molar-refractivity contribution in [2.24, 2.45) is 0 Å². The molecule has 29 heavy (non-hydrogen) atoms. The standard InChI is InChI=1S/C18H16F3NO7/c1-3-16(23)28-15-9-13(26-2)8-14(22(24)25)17(15)27-10-11-4-6-12(7-5-11)29-18(19,20)21/h4-9H,3,10H2,1-2H3. The first kappa shape index (κ1) is 21.8. The van der Waals surface area contributed by atoms with Crippen LogP contribution >= 0.6 is 0 Å². The van der Waals surface area contributed by atoms with Crippen LogP contribution in [0.4, 0.5) is 18.9 Å². The minimum absolute atomic E-state index is 0.0190. The van der Waals surface area contributed by atoms with E-state index in [1.807, 2.05) is 0 Å². The van der Waals surface area contributed by atoms with Gasteiger partial charge in [0.05, 0.1) is 18.1 Å². The highest BCUT2D eigenvalue weighted by Gasteiger charge is 2.31. The van der Waals surface area contributed by atoms with E-state index >= 15 is 0 Å². The molecule has 0 radical (unpaired) electrons. The van der Waals surface area contributed by atoms with Gasteiger partial charge in [-0.2, -0.15) is 0 Å². The number of carbonyl (C=O) groups excluding carboxylic acids is 1. The minimum Gasteiger partial charge on any atom is -0.496 e. The molecule has 0 saturated carbocycles. The Hall–Kier alpha value is -3.50. The second kappa shape index (κ2) is 9.13. The molecular weight excluding hydrogens is 399 g/mol. The minimum atomic E-state index is -4.82. The quantitative estimate of drug-likeness (QED) is 0.273. The molecule has 0 aliphatic carbocycles. The van der Waals surface area contributed by atoms with Gasteiger partial charge in [0.1, 0.15) is 18.1 Å². The van der Waals surface area contributed by atoms with Gasteiger partial charge in [-0.1, -0.05) is 19.1 Å². The summed E-state index contributed by atoms with van der Waals surface area (Å²) in [7, 11) is 1.29. The summed E-state index contributed by atoms with van der Waals surface area (Å²) < 4.78 is 55.9. The Morgan fingerprint density at radius 3 is 2.31 bits per heavy atom. The van der Waals surface area contributed by atoms with Crippen molar-refractivity contribution in [3.63, 3.8) is 0 Å². The summed E-state index contributed by atoms with van der Waals surface area (Å²) >= 11 is 0. The van der Waals surface area contributed by atoms with E-state index in [1.165, 1.54) is 25.3 Å². The molecule has 0 atom stereocenters. The number of carbonyl (C=O) groups is 1. The molecule has 0 fully saturated rings. The fourth-order valence-electron chi connectivity index (χ4n) is 2.17. The third kappa shape index (κ3) is 6.26. The highest BCUT2D eigenvalue weighted by Crippen LogP contribution is 2.41. The lowest BCUT2D eigenvalue weighted by molar-refractivity contribution is -0.386. The van der Waals surface area contributed by atoms with Crippen LogP contribution in [0.2, 0.25) is 0 Å². The molecule has 156 valence electrons. The van der Waals surface area contributed by atoms with E-state index in [1.54, 1.807) is 6.92 Å². The van der Waals surface area contributed by atoms with Crippen molar-refractivity contribution in [3.8, 4) is 23.0 Å². The molecule has 8 nitrogen and oxygen atoms in total. The lowest BCUT2D eigenvalue weighted by atomic mass is 10.2. The van der Waals surface area contributed by atoms with Crippen molar-refractivity contribution in [2.75, 3.05) is 7.11 Å². The molecule has 2 aromatic carbocycles. The number of esters is 1. The maximum atomic E-state index is 12.2. The summed E-state index contributed by atoms with van der Waals surface area (Å²) in [4.78, 5) is 22.3. The Morgan fingerprint density at radius 1 is 1.14 bits per heavy atom. The number of nitro benzene ring substituents is 1. The molecule has 2 rings (SSSR count). The van der Waals surface area contributed by atoms with Gasteiger partial charge in [0.15, 0.2) is 5.75 Å². The van der Waals surface area contributed by atoms with Crippen molar-refractivity contribution < 1.29 is 41.8 Å². The summed E-state index contributed by atoms with van der Waals surface area (Å²) in [6, 6.07) is 7.11. The molecule has 0 aromatic heterocycles. The first-order valence-corrected chi connectivity index (χ1v) is 8.17. The van der Waals surface area contributed by atoms with E-state index in [4.69, 9.17) is 14.2 Å². The van der Waals surface area contributed by atoms with Crippen molar-refractivity contribution in [3.05, 3.63) is 52.1 Å². The molecule has 0 aliphatic heterocycles. The summed E-state index contributed by atoms with van der Waals surface area (Å²) in [5.74, 6) is -1.51. The van der Waals surface area contributed by atoms with E-state index in [0.29, 0.717) is 5.56 Å². The number of methoxy groups -OCH3 is 1. The first-order valence-electron chi connectivity index (χ1n) is 8.17. The van der Waals surface area contributed by atoms with Crippen molar-refractivity contribution in [1.29, 1.82) is 0 Å². The van der Waals surface area contributed by atoms with Gasteiger partial charge in [-0.05, 0) is 17.7 Å². The maximum absolute atomic E-state index is 12.2. The Bertz CT molecular complexity index is 882. The zero-order valence-corrected chi connectivity index (χ0v) is 15.3. The number of rotatable bonds is 8. The molecule has 0 heterocycles. The summed E-state index contributed by atoms with van der Waals surface area (Å²) in [5.41, 5.74) is -0.0994. The molecule has 2 aromatic rings. The summed E-state index contributed by atoms with van der Waals surface area (Å²) in [6.07, 6.45) is -4.80. The third-order valence-electron chi connectivity index (χ3n) is 3.49. The van der Waals surface area contributed by atoms with Crippen molar-refractivity contribution in [2.45, 2.75) is 26.3 Å². The Balaban J connectivity index is 2.28. The largest absolute Gasteiger partial charge is 0.573 e. The molecule has 11 heteroatoms. The van der Waals surface area contributed by atoms with Crippen LogP contribution in [0.1, 0.15) is 18.9 Å². The maximum Gasteiger partial charge on any atom is 0.573 e. The predicted molar refractivity (Wildman–Crippen MR) is 93.0 cm³/mol. The van der Waals surface area contributed by atoms with E-state index in [2.05, 4.69) is 4.74 Å². The average molecular weight is 415 g/mol. The molecule has 0 saturated heterocycles. The van der Waals surface area contributed by atoms with Crippen LogP contribution in [0.5, 0.6) is 23.0 Å². The number of hydrogen-bond acceptors (Lipinski definition) is 7. The average Bonchev–Trinajstić information content (AvgIpc) is 2.66. The molecule has 0 unspecified atom stereocenters. The Labute approximate surface area is 162 Å². The number of halogens is 3. The number of hydrogen-bond donors (Lipinski definition) is 0. The Morgan fingerprint density at radius 2 is 1.79 bits per heavy atom. The second-order valence-electron chi connectivity index (χ2n) is 5.54. The van der Waals surface area contributed by atoms with Crippen LogP contribution in [-0.2, 0) is 11.4 Å². The predicted octanol–water partition coefficient (Wildman–Crippen LogP) is 4.40. The number of ether oxygens (including phenoxy) is 4. The number of nitrogens with zero attached hydrogens (tertiary/aromatic N) is 1. The third-order valence-corrected chi connectivity index (χ3v) is 3.49. The number of nitro groups is 1. The number of benzene rings is 2. The lowest BCUT2D eigenvalue weighted by Gasteiger charge is -2.14. The topological polar surface area (TPSA) is 97.1 Å². The van der Waals surface area contributed by atoms with Crippen LogP contribution in [0.25, 0.3) is 0 Å². The van der Waals surface area contributed by atoms with Gasteiger partial charge in [0.25, 0.3) is 0 Å². The fourth-order valence-corrected chi connectivity index (χ4v) is 2.17. The lowest BCUT2D eigenvalue weighted by Crippen LogP contribution is -2.17. The van der Waals surface area contributed by atoms with Crippen LogP contribution in [-0.4, -0.2) is 24.4 Å². The fraction of sp³-hybridized carbons (Fsp3) is 0.278. The normalized spacial score (nSPS) is 10.9. The molecule has 0 aliphatic rings. The van der Waals surface area contributed by atoms with Crippen LogP contribution < -0.4 is 18.9 Å². The number of alkyl halides is 3. The van der Waals surface area contributed by atoms with Crippen molar-refractivity contribution >= 4 is 11.7 Å². The van der Waals surface area contributed by atoms with Gasteiger partial charge < -0.3 is 18.9 Å². The highest BCUT2D eigenvalue weighted by atomic mass is 19.4. The zero-order chi connectivity index (χ0) is 21.6. The van der Waals surface area contributed by atoms with E-state index in [-0.39, 0.29) is 30.3 Å². The van der Waals surface area contributed by atoms with Gasteiger partial charge in [-0.3, -0.25) is 14.9 Å². The monoisotopic (exact) mass is 415 g/mol. The highest BCUT2D eigenvalue weighted by molar-refractivity contribution is 5.74. The van der Waals surface area contributed by atoms with Crippen LogP contribution in [0.3, 0.4) is 0 Å². The molecule has 0 amide bonds. The van der Waals surface area contributed by atoms with Gasteiger partial charge in [-0.25, -0.2) is 0 Å². The summed E-state index contributed by atoms with van der Waals surface area (Å²) in [6.45, 7) is 1.30. The van der Waals surface area contributed by atoms with Crippen LogP contribution in [0, 0.1) is 10.1 Å². The smallest absolute Gasteiger partial charge is 0.496 e. The van der Waals surface area contributed by atoms with Gasteiger partial charge in [0, 0.05) is 12.5 Å².